The highest BCUT2D eigenvalue weighted by Crippen LogP contribution is 2.19. The summed E-state index contributed by atoms with van der Waals surface area (Å²) in [5.74, 6) is -0.849. The third kappa shape index (κ3) is 5.06. The number of carbonyl (C=O) groups is 2. The van der Waals surface area contributed by atoms with Crippen molar-refractivity contribution in [2.45, 2.75) is 0 Å². The molecule has 0 radical (unpaired) electrons. The lowest BCUT2D eigenvalue weighted by atomic mass is 10.0. The van der Waals surface area contributed by atoms with Crippen molar-refractivity contribution in [1.29, 1.82) is 0 Å². The van der Waals surface area contributed by atoms with Gasteiger partial charge in [0, 0.05) is 16.7 Å². The molecule has 3 aromatic carbocycles. The molecule has 3 rings (SSSR count). The number of hydrazine groups is 1. The van der Waals surface area contributed by atoms with Crippen molar-refractivity contribution in [3.8, 4) is 11.1 Å². The molecule has 0 aliphatic rings. The average molecular weight is 377 g/mol. The first-order valence-corrected chi connectivity index (χ1v) is 8.70. The van der Waals surface area contributed by atoms with E-state index < -0.39 is 11.8 Å². The van der Waals surface area contributed by atoms with E-state index in [1.54, 1.807) is 30.3 Å². The lowest BCUT2D eigenvalue weighted by Crippen LogP contribution is -2.40. The highest BCUT2D eigenvalue weighted by Gasteiger charge is 2.06. The van der Waals surface area contributed by atoms with Gasteiger partial charge < -0.3 is 0 Å². The Kier molecular flexibility index (Phi) is 6.02. The van der Waals surface area contributed by atoms with Crippen LogP contribution < -0.4 is 10.9 Å². The number of halogens is 1. The van der Waals surface area contributed by atoms with Crippen LogP contribution in [0, 0.1) is 0 Å². The number of hydrogen-bond acceptors (Lipinski definition) is 2. The molecule has 0 bridgehead atoms. The molecule has 5 heteroatoms. The van der Waals surface area contributed by atoms with Crippen LogP contribution in [-0.4, -0.2) is 11.8 Å². The summed E-state index contributed by atoms with van der Waals surface area (Å²) in [6, 6.07) is 24.2. The second-order valence-corrected chi connectivity index (χ2v) is 6.15. The van der Waals surface area contributed by atoms with Crippen LogP contribution in [0.1, 0.15) is 15.9 Å². The molecular weight excluding hydrogens is 360 g/mol. The smallest absolute Gasteiger partial charge is 0.268 e. The predicted octanol–water partition coefficient (Wildman–Crippen LogP) is 4.48. The molecule has 0 aromatic heterocycles. The Hall–Kier alpha value is -3.37. The van der Waals surface area contributed by atoms with Gasteiger partial charge in [0.05, 0.1) is 0 Å². The van der Waals surface area contributed by atoms with Crippen molar-refractivity contribution < 1.29 is 9.59 Å². The summed E-state index contributed by atoms with van der Waals surface area (Å²) in [6.45, 7) is 0. The lowest BCUT2D eigenvalue weighted by molar-refractivity contribution is -0.117. The third-order valence-electron chi connectivity index (χ3n) is 3.87. The van der Waals surface area contributed by atoms with Crippen molar-refractivity contribution in [3.05, 3.63) is 101 Å². The molecule has 2 N–H and O–H groups in total. The summed E-state index contributed by atoms with van der Waals surface area (Å²) in [4.78, 5) is 24.0. The van der Waals surface area contributed by atoms with Crippen molar-refractivity contribution in [2.75, 3.05) is 0 Å². The molecule has 0 saturated carbocycles. The van der Waals surface area contributed by atoms with E-state index in [1.165, 1.54) is 6.08 Å². The van der Waals surface area contributed by atoms with Gasteiger partial charge in [-0.2, -0.15) is 0 Å². The molecule has 0 aliphatic carbocycles. The van der Waals surface area contributed by atoms with Crippen LogP contribution in [0.15, 0.2) is 84.9 Å². The number of carbonyl (C=O) groups excluding carboxylic acids is 2. The van der Waals surface area contributed by atoms with Crippen LogP contribution in [0.4, 0.5) is 0 Å². The van der Waals surface area contributed by atoms with Gasteiger partial charge >= 0.3 is 0 Å². The summed E-state index contributed by atoms with van der Waals surface area (Å²) in [7, 11) is 0. The maximum atomic E-state index is 12.2. The first kappa shape index (κ1) is 18.4. The zero-order chi connectivity index (χ0) is 19.1. The minimum absolute atomic E-state index is 0.394. The quantitative estimate of drug-likeness (QED) is 0.521. The zero-order valence-corrected chi connectivity index (χ0v) is 15.1. The van der Waals surface area contributed by atoms with Gasteiger partial charge in [-0.15, -0.1) is 0 Å². The van der Waals surface area contributed by atoms with Crippen molar-refractivity contribution >= 4 is 29.5 Å². The maximum Gasteiger partial charge on any atom is 0.269 e. The van der Waals surface area contributed by atoms with Gasteiger partial charge in [-0.3, -0.25) is 20.4 Å². The highest BCUT2D eigenvalue weighted by atomic mass is 35.5. The Balaban J connectivity index is 1.56. The van der Waals surface area contributed by atoms with Gasteiger partial charge in [-0.25, -0.2) is 0 Å². The highest BCUT2D eigenvalue weighted by molar-refractivity contribution is 6.32. The van der Waals surface area contributed by atoms with E-state index in [-0.39, 0.29) is 0 Å². The van der Waals surface area contributed by atoms with E-state index in [9.17, 15) is 9.59 Å². The van der Waals surface area contributed by atoms with Crippen molar-refractivity contribution in [1.82, 2.24) is 10.9 Å². The van der Waals surface area contributed by atoms with Gasteiger partial charge in [0.25, 0.3) is 11.8 Å². The number of rotatable bonds is 4. The molecule has 27 heavy (non-hydrogen) atoms. The molecule has 0 fully saturated rings. The zero-order valence-electron chi connectivity index (χ0n) is 14.4. The molecule has 0 saturated heterocycles. The Morgan fingerprint density at radius 2 is 1.37 bits per heavy atom. The topological polar surface area (TPSA) is 58.2 Å². The van der Waals surface area contributed by atoms with Gasteiger partial charge in [0.2, 0.25) is 0 Å². The number of amides is 2. The van der Waals surface area contributed by atoms with Crippen LogP contribution in [0.2, 0.25) is 5.02 Å². The Labute approximate surface area is 162 Å². The lowest BCUT2D eigenvalue weighted by Gasteiger charge is -2.07. The van der Waals surface area contributed by atoms with E-state index in [0.29, 0.717) is 10.6 Å². The van der Waals surface area contributed by atoms with Crippen LogP contribution in [0.3, 0.4) is 0 Å². The SMILES string of the molecule is O=C(C=Cc1ccccc1Cl)NNC(=O)c1ccc(-c2ccccc2)cc1. The van der Waals surface area contributed by atoms with Crippen LogP contribution in [0.25, 0.3) is 17.2 Å². The second-order valence-electron chi connectivity index (χ2n) is 5.74. The molecule has 0 unspecified atom stereocenters. The molecule has 0 atom stereocenters. The van der Waals surface area contributed by atoms with Gasteiger partial charge in [-0.05, 0) is 41.0 Å². The third-order valence-corrected chi connectivity index (χ3v) is 4.22. The summed E-state index contributed by atoms with van der Waals surface area (Å²) in [6.07, 6.45) is 2.89. The molecular formula is C22H17ClN2O2. The predicted molar refractivity (Wildman–Crippen MR) is 108 cm³/mol. The molecule has 0 aliphatic heterocycles. The van der Waals surface area contributed by atoms with E-state index in [0.717, 1.165) is 16.7 Å². The van der Waals surface area contributed by atoms with Crippen molar-refractivity contribution in [2.24, 2.45) is 0 Å². The standard InChI is InChI=1S/C22H17ClN2O2/c23-20-9-5-4-8-18(20)14-15-21(26)24-25-22(27)19-12-10-17(11-13-19)16-6-2-1-3-7-16/h1-15H,(H,24,26)(H,25,27). The molecule has 134 valence electrons. The maximum absolute atomic E-state index is 12.2. The normalized spacial score (nSPS) is 10.6. The second kappa shape index (κ2) is 8.83. The largest absolute Gasteiger partial charge is 0.269 e. The van der Waals surface area contributed by atoms with Crippen LogP contribution >= 0.6 is 11.6 Å². The van der Waals surface area contributed by atoms with Gasteiger partial charge in [-0.1, -0.05) is 72.3 Å². The first-order valence-electron chi connectivity index (χ1n) is 8.32. The summed E-state index contributed by atoms with van der Waals surface area (Å²) in [5.41, 5.74) is 7.99. The minimum Gasteiger partial charge on any atom is -0.268 e. The summed E-state index contributed by atoms with van der Waals surface area (Å²) >= 11 is 6.02. The Morgan fingerprint density at radius 3 is 2.07 bits per heavy atom. The van der Waals surface area contributed by atoms with E-state index in [4.69, 9.17) is 11.6 Å². The van der Waals surface area contributed by atoms with E-state index >= 15 is 0 Å². The first-order chi connectivity index (χ1) is 13.1. The fourth-order valence-corrected chi connectivity index (χ4v) is 2.65. The Morgan fingerprint density at radius 1 is 0.741 bits per heavy atom. The monoisotopic (exact) mass is 376 g/mol. The molecule has 2 amide bonds. The van der Waals surface area contributed by atoms with Gasteiger partial charge in [0.15, 0.2) is 0 Å². The number of hydrogen-bond donors (Lipinski definition) is 2. The van der Waals surface area contributed by atoms with E-state index in [1.807, 2.05) is 54.6 Å². The molecule has 4 nitrogen and oxygen atoms in total. The Bertz CT molecular complexity index is 967. The van der Waals surface area contributed by atoms with Crippen molar-refractivity contribution in [3.63, 3.8) is 0 Å². The molecule has 0 spiro atoms. The summed E-state index contributed by atoms with van der Waals surface area (Å²) in [5, 5.41) is 0.545. The average Bonchev–Trinajstić information content (AvgIpc) is 2.72. The van der Waals surface area contributed by atoms with E-state index in [2.05, 4.69) is 10.9 Å². The van der Waals surface area contributed by atoms with Crippen LogP contribution in [0.5, 0.6) is 0 Å². The fourth-order valence-electron chi connectivity index (χ4n) is 2.45. The number of benzene rings is 3. The minimum atomic E-state index is -0.454. The van der Waals surface area contributed by atoms with Crippen LogP contribution in [-0.2, 0) is 4.79 Å². The summed E-state index contributed by atoms with van der Waals surface area (Å²) < 4.78 is 0. The number of nitrogens with one attached hydrogen (secondary N) is 2. The molecule has 0 heterocycles. The van der Waals surface area contributed by atoms with Gasteiger partial charge in [0.1, 0.15) is 0 Å². The fraction of sp³-hybridized carbons (Fsp3) is 0. The molecule has 3 aromatic rings.